The van der Waals surface area contributed by atoms with Crippen molar-refractivity contribution in [2.45, 2.75) is 18.9 Å². The monoisotopic (exact) mass is 513 g/mol. The summed E-state index contributed by atoms with van der Waals surface area (Å²) in [4.78, 5) is 14.9. The van der Waals surface area contributed by atoms with Crippen molar-refractivity contribution < 1.29 is 41.8 Å². The molecule has 35 heavy (non-hydrogen) atoms. The van der Waals surface area contributed by atoms with Crippen LogP contribution in [-0.4, -0.2) is 83.3 Å². The first-order valence-corrected chi connectivity index (χ1v) is 12.4. The summed E-state index contributed by atoms with van der Waals surface area (Å²) in [5, 5.41) is 7.86. The van der Waals surface area contributed by atoms with Crippen LogP contribution in [0.4, 0.5) is 0 Å². The summed E-state index contributed by atoms with van der Waals surface area (Å²) in [6.45, 7) is 1.77. The molecule has 2 rings (SSSR count). The maximum absolute atomic E-state index is 12.8. The lowest BCUT2D eigenvalue weighted by Gasteiger charge is -2.39. The van der Waals surface area contributed by atoms with Gasteiger partial charge in [-0.25, -0.2) is 4.79 Å². The smallest absolute Gasteiger partial charge is 0.338 e. The zero-order valence-electron chi connectivity index (χ0n) is 21.0. The molecule has 196 valence electrons. The third-order valence-corrected chi connectivity index (χ3v) is 6.14. The third-order valence-electron chi connectivity index (χ3n) is 5.44. The zero-order chi connectivity index (χ0) is 26.6. The summed E-state index contributed by atoms with van der Waals surface area (Å²) in [5.74, 6) is 0.224. The molecule has 0 aromatic heterocycles. The Bertz CT molecular complexity index is 1020. The van der Waals surface area contributed by atoms with Gasteiger partial charge >= 0.3 is 5.97 Å². The zero-order valence-corrected chi connectivity index (χ0v) is 21.8. The van der Waals surface area contributed by atoms with Crippen LogP contribution in [0.5, 0.6) is 17.2 Å². The van der Waals surface area contributed by atoms with Crippen molar-refractivity contribution in [3.05, 3.63) is 53.6 Å². The van der Waals surface area contributed by atoms with Crippen molar-refractivity contribution >= 4 is 16.1 Å². The molecule has 0 spiro atoms. The van der Waals surface area contributed by atoms with Crippen LogP contribution in [0.25, 0.3) is 0 Å². The number of aliphatic hydroxyl groups is 1. The van der Waals surface area contributed by atoms with Crippen molar-refractivity contribution in [2.75, 3.05) is 54.4 Å². The average Bonchev–Trinajstić information content (AvgIpc) is 2.83. The van der Waals surface area contributed by atoms with Gasteiger partial charge in [0.25, 0.3) is 10.1 Å². The van der Waals surface area contributed by atoms with E-state index in [-0.39, 0.29) is 6.61 Å². The quantitative estimate of drug-likeness (QED) is 0.341. The first kappa shape index (κ1) is 30.2. The number of hydrogen-bond donors (Lipinski definition) is 2. The summed E-state index contributed by atoms with van der Waals surface area (Å²) in [6.07, 6.45) is 0.784. The Labute approximate surface area is 207 Å². The Morgan fingerprint density at radius 2 is 1.54 bits per heavy atom. The summed E-state index contributed by atoms with van der Waals surface area (Å²) in [5.41, 5.74) is 1.02. The molecule has 0 aliphatic rings. The predicted octanol–water partition coefficient (Wildman–Crippen LogP) is 2.60. The van der Waals surface area contributed by atoms with Gasteiger partial charge in [-0.15, -0.1) is 0 Å². The van der Waals surface area contributed by atoms with Gasteiger partial charge < -0.3 is 24.1 Å². The van der Waals surface area contributed by atoms with Gasteiger partial charge in [0.05, 0.1) is 44.8 Å². The first-order chi connectivity index (χ1) is 16.5. The van der Waals surface area contributed by atoms with E-state index in [0.717, 1.165) is 12.0 Å². The Morgan fingerprint density at radius 1 is 1.00 bits per heavy atom. The van der Waals surface area contributed by atoms with Crippen LogP contribution in [0.3, 0.4) is 0 Å². The van der Waals surface area contributed by atoms with Crippen molar-refractivity contribution in [3.8, 4) is 17.2 Å². The number of aliphatic hydroxyl groups excluding tert-OH is 1. The summed E-state index contributed by atoms with van der Waals surface area (Å²) < 4.78 is 48.8. The largest absolute Gasteiger partial charge is 0.493 e. The highest BCUT2D eigenvalue weighted by Gasteiger charge is 2.34. The second-order valence-electron chi connectivity index (χ2n) is 7.65. The van der Waals surface area contributed by atoms with Crippen LogP contribution in [-0.2, 0) is 20.4 Å². The van der Waals surface area contributed by atoms with E-state index in [1.54, 1.807) is 12.1 Å². The molecule has 0 radical (unpaired) electrons. The number of esters is 1. The van der Waals surface area contributed by atoms with Crippen molar-refractivity contribution in [2.24, 2.45) is 0 Å². The molecule has 0 aliphatic heterocycles. The second kappa shape index (κ2) is 13.9. The highest BCUT2D eigenvalue weighted by molar-refractivity contribution is 7.85. The van der Waals surface area contributed by atoms with Gasteiger partial charge in [0, 0.05) is 0 Å². The van der Waals surface area contributed by atoms with E-state index in [9.17, 15) is 13.2 Å². The molecular weight excluding hydrogens is 478 g/mol. The second-order valence-corrected chi connectivity index (χ2v) is 9.22. The number of ether oxygens (including phenoxy) is 4. The first-order valence-electron chi connectivity index (χ1n) is 10.8. The standard InChI is InChI=1S/C22H29NO5.C2H6O4S/c1-7-22(23(2)3,17-11-9-8-10-12-17)15-28-21(24)16-13-18(25-4)20(27-6)19(14-16)26-5;3-1-2-7(4,5)6/h8-14H,7,15H2,1-6H3;3H,1-2H2,(H,4,5,6). The van der Waals surface area contributed by atoms with Crippen LogP contribution in [0, 0.1) is 0 Å². The maximum atomic E-state index is 12.8. The van der Waals surface area contributed by atoms with E-state index in [0.29, 0.717) is 22.8 Å². The van der Waals surface area contributed by atoms with E-state index >= 15 is 0 Å². The third kappa shape index (κ3) is 8.39. The van der Waals surface area contributed by atoms with Crippen molar-refractivity contribution in [1.29, 1.82) is 0 Å². The maximum Gasteiger partial charge on any atom is 0.338 e. The number of rotatable bonds is 11. The molecule has 0 saturated heterocycles. The number of nitrogens with zero attached hydrogens (tertiary/aromatic N) is 1. The van der Waals surface area contributed by atoms with Crippen LogP contribution in [0.15, 0.2) is 42.5 Å². The molecule has 2 N–H and O–H groups in total. The van der Waals surface area contributed by atoms with Crippen molar-refractivity contribution in [1.82, 2.24) is 4.90 Å². The molecule has 11 heteroatoms. The number of hydrogen-bond acceptors (Lipinski definition) is 9. The Hall–Kier alpha value is -2.86. The van der Waals surface area contributed by atoms with Gasteiger partial charge in [0.1, 0.15) is 6.61 Å². The Kier molecular flexibility index (Phi) is 12.0. The fraction of sp³-hybridized carbons (Fsp3) is 0.458. The minimum atomic E-state index is -3.92. The molecule has 0 fully saturated rings. The van der Waals surface area contributed by atoms with Gasteiger partial charge in [0.15, 0.2) is 11.5 Å². The van der Waals surface area contributed by atoms with Crippen LogP contribution in [0.2, 0.25) is 0 Å². The van der Waals surface area contributed by atoms with Crippen LogP contribution in [0.1, 0.15) is 29.3 Å². The average molecular weight is 514 g/mol. The fourth-order valence-corrected chi connectivity index (χ4v) is 3.65. The van der Waals surface area contributed by atoms with Gasteiger partial charge in [-0.1, -0.05) is 37.3 Å². The van der Waals surface area contributed by atoms with Crippen LogP contribution < -0.4 is 14.2 Å². The highest BCUT2D eigenvalue weighted by Crippen LogP contribution is 2.38. The lowest BCUT2D eigenvalue weighted by Crippen LogP contribution is -2.45. The molecule has 0 aliphatic carbocycles. The lowest BCUT2D eigenvalue weighted by atomic mass is 9.87. The topological polar surface area (TPSA) is 132 Å². The minimum Gasteiger partial charge on any atom is -0.493 e. The molecule has 0 saturated carbocycles. The number of benzene rings is 2. The summed E-state index contributed by atoms with van der Waals surface area (Å²) in [7, 11) is 4.59. The van der Waals surface area contributed by atoms with Gasteiger partial charge in [-0.3, -0.25) is 9.45 Å². The number of carbonyl (C=O) groups is 1. The predicted molar refractivity (Wildman–Crippen MR) is 132 cm³/mol. The lowest BCUT2D eigenvalue weighted by molar-refractivity contribution is 0.0119. The minimum absolute atomic E-state index is 0.218. The molecule has 2 aromatic rings. The fourth-order valence-electron chi connectivity index (χ4n) is 3.42. The van der Waals surface area contributed by atoms with Gasteiger partial charge in [0.2, 0.25) is 5.75 Å². The van der Waals surface area contributed by atoms with E-state index in [1.807, 2.05) is 32.3 Å². The molecular formula is C24H35NO9S. The highest BCUT2D eigenvalue weighted by atomic mass is 32.2. The molecule has 1 unspecified atom stereocenters. The summed E-state index contributed by atoms with van der Waals surface area (Å²) >= 11 is 0. The summed E-state index contributed by atoms with van der Waals surface area (Å²) in [6, 6.07) is 13.2. The Balaban J connectivity index is 0.000000762. The molecule has 1 atom stereocenters. The molecule has 0 heterocycles. The van der Waals surface area contributed by atoms with E-state index < -0.39 is 34.0 Å². The number of likely N-dealkylation sites (N-methyl/N-ethyl adjacent to an activating group) is 1. The molecule has 10 nitrogen and oxygen atoms in total. The SMILES string of the molecule is CCC(COC(=O)c1cc(OC)c(OC)c(OC)c1)(c1ccccc1)N(C)C.O=S(=O)(O)CCO. The van der Waals surface area contributed by atoms with Gasteiger partial charge in [-0.05, 0) is 38.2 Å². The van der Waals surface area contributed by atoms with Crippen molar-refractivity contribution in [3.63, 3.8) is 0 Å². The van der Waals surface area contributed by atoms with E-state index in [4.69, 9.17) is 28.6 Å². The normalized spacial score (nSPS) is 12.7. The molecule has 0 amide bonds. The molecule has 0 bridgehead atoms. The van der Waals surface area contributed by atoms with E-state index in [1.165, 1.54) is 21.3 Å². The number of methoxy groups -OCH3 is 3. The Morgan fingerprint density at radius 3 is 1.89 bits per heavy atom. The molecule has 2 aromatic carbocycles. The van der Waals surface area contributed by atoms with E-state index in [2.05, 4.69) is 24.0 Å². The number of carbonyl (C=O) groups excluding carboxylic acids is 1. The van der Waals surface area contributed by atoms with Gasteiger partial charge in [-0.2, -0.15) is 8.42 Å². The van der Waals surface area contributed by atoms with Crippen LogP contribution >= 0.6 is 0 Å².